The Kier molecular flexibility index (Phi) is 4.30. The van der Waals surface area contributed by atoms with E-state index in [-0.39, 0.29) is 0 Å². The summed E-state index contributed by atoms with van der Waals surface area (Å²) in [7, 11) is 2.05. The van der Waals surface area contributed by atoms with Crippen molar-refractivity contribution in [2.45, 2.75) is 77.4 Å². The first-order valence-electron chi connectivity index (χ1n) is 11.4. The molecule has 3 heteroatoms. The molecule has 3 nitrogen and oxygen atoms in total. The second kappa shape index (κ2) is 6.50. The van der Waals surface area contributed by atoms with Crippen molar-refractivity contribution in [3.05, 3.63) is 30.3 Å². The fourth-order valence-electron chi connectivity index (χ4n) is 7.96. The molecule has 1 aromatic carbocycles. The lowest BCUT2D eigenvalue weighted by molar-refractivity contribution is -0.159. The SMILES string of the molecule is CN1C(=O)CC[C@]2(C)[C@H]3CC[C@]4(C)C(Oc5ccccc5)CC[C@H]4[C@@H]3CC[C@@H]12. The summed E-state index contributed by atoms with van der Waals surface area (Å²) in [5.41, 5.74) is 0.613. The normalized spacial score (nSPS) is 45.2. The lowest BCUT2D eigenvalue weighted by atomic mass is 9.47. The van der Waals surface area contributed by atoms with E-state index >= 15 is 0 Å². The second-order valence-corrected chi connectivity index (χ2v) is 10.5. The van der Waals surface area contributed by atoms with Gasteiger partial charge in [0, 0.05) is 24.9 Å². The molecular weight excluding hydrogens is 346 g/mol. The average molecular weight is 382 g/mol. The largest absolute Gasteiger partial charge is 0.490 e. The van der Waals surface area contributed by atoms with Gasteiger partial charge in [0.05, 0.1) is 0 Å². The van der Waals surface area contributed by atoms with Crippen LogP contribution >= 0.6 is 0 Å². The number of hydrogen-bond donors (Lipinski definition) is 0. The summed E-state index contributed by atoms with van der Waals surface area (Å²) in [5.74, 6) is 3.75. The Balaban J connectivity index is 1.39. The third kappa shape index (κ3) is 2.57. The molecule has 3 saturated carbocycles. The molecule has 1 unspecified atom stereocenters. The Morgan fingerprint density at radius 3 is 2.46 bits per heavy atom. The van der Waals surface area contributed by atoms with Crippen LogP contribution in [-0.4, -0.2) is 30.0 Å². The minimum atomic E-state index is 0.302. The Labute approximate surface area is 169 Å². The molecule has 0 spiro atoms. The fraction of sp³-hybridized carbons (Fsp3) is 0.720. The van der Waals surface area contributed by atoms with Crippen LogP contribution in [0.25, 0.3) is 0 Å². The number of ether oxygens (including phenoxy) is 1. The van der Waals surface area contributed by atoms with Crippen molar-refractivity contribution in [3.8, 4) is 5.75 Å². The van der Waals surface area contributed by atoms with Crippen LogP contribution in [0.5, 0.6) is 5.75 Å². The number of rotatable bonds is 2. The molecule has 5 rings (SSSR count). The Morgan fingerprint density at radius 1 is 0.929 bits per heavy atom. The minimum absolute atomic E-state index is 0.302. The molecule has 1 aromatic rings. The van der Waals surface area contributed by atoms with Gasteiger partial charge in [0.25, 0.3) is 0 Å². The van der Waals surface area contributed by atoms with Crippen LogP contribution in [0.4, 0.5) is 0 Å². The molecule has 1 heterocycles. The summed E-state index contributed by atoms with van der Waals surface area (Å²) in [5, 5.41) is 0. The smallest absolute Gasteiger partial charge is 0.222 e. The Hall–Kier alpha value is -1.51. The van der Waals surface area contributed by atoms with Crippen LogP contribution in [-0.2, 0) is 4.79 Å². The van der Waals surface area contributed by atoms with Gasteiger partial charge in [-0.25, -0.2) is 0 Å². The van der Waals surface area contributed by atoms with Crippen molar-refractivity contribution in [3.63, 3.8) is 0 Å². The standard InChI is InChI=1S/C25H35NO2/c1-24-16-14-23(27)26(3)21(24)11-9-18-19-10-12-22(25(19,2)15-13-20(18)24)28-17-7-5-4-6-8-17/h4-8,18-22H,9-16H2,1-3H3/t18-,19-,20-,21+,22?,24+,25-/m0/s1. The van der Waals surface area contributed by atoms with Gasteiger partial charge in [-0.2, -0.15) is 0 Å². The van der Waals surface area contributed by atoms with Crippen LogP contribution < -0.4 is 4.74 Å². The number of piperidine rings is 1. The van der Waals surface area contributed by atoms with Crippen molar-refractivity contribution in [1.29, 1.82) is 0 Å². The maximum atomic E-state index is 12.3. The molecule has 3 aliphatic carbocycles. The van der Waals surface area contributed by atoms with Crippen LogP contribution in [0, 0.1) is 28.6 Å². The van der Waals surface area contributed by atoms with Gasteiger partial charge in [-0.15, -0.1) is 0 Å². The van der Waals surface area contributed by atoms with E-state index in [0.29, 0.717) is 28.9 Å². The van der Waals surface area contributed by atoms with E-state index in [2.05, 4.69) is 56.1 Å². The van der Waals surface area contributed by atoms with Crippen LogP contribution in [0.3, 0.4) is 0 Å². The molecule has 4 aliphatic rings. The average Bonchev–Trinajstić information content (AvgIpc) is 3.02. The maximum absolute atomic E-state index is 12.3. The first-order valence-corrected chi connectivity index (χ1v) is 11.4. The van der Waals surface area contributed by atoms with Gasteiger partial charge in [-0.1, -0.05) is 32.0 Å². The van der Waals surface area contributed by atoms with Gasteiger partial charge < -0.3 is 9.64 Å². The van der Waals surface area contributed by atoms with Gasteiger partial charge in [-0.05, 0) is 80.2 Å². The number of nitrogens with zero attached hydrogens (tertiary/aromatic N) is 1. The highest BCUT2D eigenvalue weighted by Gasteiger charge is 2.61. The molecule has 7 atom stereocenters. The van der Waals surface area contributed by atoms with E-state index in [9.17, 15) is 4.79 Å². The summed E-state index contributed by atoms with van der Waals surface area (Å²) < 4.78 is 6.54. The predicted molar refractivity (Wildman–Crippen MR) is 111 cm³/mol. The van der Waals surface area contributed by atoms with Crippen molar-refractivity contribution >= 4 is 5.91 Å². The lowest BCUT2D eigenvalue weighted by Crippen LogP contribution is -2.61. The zero-order valence-electron chi connectivity index (χ0n) is 17.7. The first kappa shape index (κ1) is 18.5. The number of likely N-dealkylation sites (tertiary alicyclic amines) is 1. The number of amides is 1. The van der Waals surface area contributed by atoms with Gasteiger partial charge in [-0.3, -0.25) is 4.79 Å². The molecule has 1 aliphatic heterocycles. The zero-order chi connectivity index (χ0) is 19.5. The van der Waals surface area contributed by atoms with E-state index in [1.54, 1.807) is 0 Å². The van der Waals surface area contributed by atoms with Crippen LogP contribution in [0.2, 0.25) is 0 Å². The Morgan fingerprint density at radius 2 is 1.68 bits per heavy atom. The quantitative estimate of drug-likeness (QED) is 0.696. The summed E-state index contributed by atoms with van der Waals surface area (Å²) >= 11 is 0. The number of carbonyl (C=O) groups is 1. The molecule has 1 amide bonds. The summed E-state index contributed by atoms with van der Waals surface area (Å²) in [4.78, 5) is 14.4. The van der Waals surface area contributed by atoms with Crippen molar-refractivity contribution < 1.29 is 9.53 Å². The molecule has 0 aromatic heterocycles. The zero-order valence-corrected chi connectivity index (χ0v) is 17.7. The van der Waals surface area contributed by atoms with E-state index in [1.165, 1.54) is 38.5 Å². The van der Waals surface area contributed by atoms with Crippen molar-refractivity contribution in [2.24, 2.45) is 28.6 Å². The highest BCUT2D eigenvalue weighted by Crippen LogP contribution is 2.65. The van der Waals surface area contributed by atoms with Gasteiger partial charge in [0.15, 0.2) is 0 Å². The van der Waals surface area contributed by atoms with Crippen LogP contribution in [0.15, 0.2) is 30.3 Å². The molecule has 4 fully saturated rings. The summed E-state index contributed by atoms with van der Waals surface area (Å²) in [6, 6.07) is 10.9. The van der Waals surface area contributed by atoms with E-state index in [4.69, 9.17) is 4.74 Å². The third-order valence-electron chi connectivity index (χ3n) is 9.49. The monoisotopic (exact) mass is 381 g/mol. The maximum Gasteiger partial charge on any atom is 0.222 e. The third-order valence-corrected chi connectivity index (χ3v) is 9.49. The second-order valence-electron chi connectivity index (χ2n) is 10.5. The number of fused-ring (bicyclic) bond motifs is 5. The van der Waals surface area contributed by atoms with E-state index in [1.807, 2.05) is 0 Å². The molecule has 1 saturated heterocycles. The number of benzene rings is 1. The Bertz CT molecular complexity index is 748. The topological polar surface area (TPSA) is 29.5 Å². The molecule has 152 valence electrons. The molecule has 0 bridgehead atoms. The van der Waals surface area contributed by atoms with Gasteiger partial charge in [0.2, 0.25) is 5.91 Å². The first-order chi connectivity index (χ1) is 13.4. The van der Waals surface area contributed by atoms with Crippen molar-refractivity contribution in [1.82, 2.24) is 4.90 Å². The molecule has 0 N–H and O–H groups in total. The van der Waals surface area contributed by atoms with E-state index < -0.39 is 0 Å². The number of para-hydroxylation sites is 1. The highest BCUT2D eigenvalue weighted by atomic mass is 16.5. The highest BCUT2D eigenvalue weighted by molar-refractivity contribution is 5.77. The van der Waals surface area contributed by atoms with Gasteiger partial charge >= 0.3 is 0 Å². The summed E-state index contributed by atoms with van der Waals surface area (Å²) in [6.45, 7) is 5.02. The molecule has 0 radical (unpaired) electrons. The van der Waals surface area contributed by atoms with Crippen molar-refractivity contribution in [2.75, 3.05) is 7.05 Å². The minimum Gasteiger partial charge on any atom is -0.490 e. The number of hydrogen-bond acceptors (Lipinski definition) is 2. The molecular formula is C25H35NO2. The van der Waals surface area contributed by atoms with Gasteiger partial charge in [0.1, 0.15) is 11.9 Å². The molecule has 28 heavy (non-hydrogen) atoms. The fourth-order valence-corrected chi connectivity index (χ4v) is 7.96. The number of carbonyl (C=O) groups excluding carboxylic acids is 1. The van der Waals surface area contributed by atoms with E-state index in [0.717, 1.165) is 36.3 Å². The van der Waals surface area contributed by atoms with Crippen LogP contribution in [0.1, 0.15) is 65.2 Å². The lowest BCUT2D eigenvalue weighted by Gasteiger charge is -2.61. The predicted octanol–water partition coefficient (Wildman–Crippen LogP) is 5.30. The summed E-state index contributed by atoms with van der Waals surface area (Å²) in [6.07, 6.45) is 9.75.